The summed E-state index contributed by atoms with van der Waals surface area (Å²) >= 11 is 12.5. The summed E-state index contributed by atoms with van der Waals surface area (Å²) in [5.74, 6) is -1.76. The van der Waals surface area contributed by atoms with E-state index in [0.29, 0.717) is 6.54 Å². The lowest BCUT2D eigenvalue weighted by molar-refractivity contribution is -0.139. The predicted molar refractivity (Wildman–Crippen MR) is 147 cm³/mol. The van der Waals surface area contributed by atoms with Crippen molar-refractivity contribution in [2.75, 3.05) is 17.4 Å². The highest BCUT2D eigenvalue weighted by molar-refractivity contribution is 7.92. The minimum absolute atomic E-state index is 0.00963. The lowest BCUT2D eigenvalue weighted by Gasteiger charge is -2.32. The molecule has 0 aliphatic carbocycles. The van der Waals surface area contributed by atoms with Crippen molar-refractivity contribution in [2.24, 2.45) is 0 Å². The van der Waals surface area contributed by atoms with Gasteiger partial charge in [-0.15, -0.1) is 0 Å². The predicted octanol–water partition coefficient (Wildman–Crippen LogP) is 5.19. The molecule has 202 valence electrons. The van der Waals surface area contributed by atoms with Crippen LogP contribution in [0.25, 0.3) is 0 Å². The molecule has 1 unspecified atom stereocenters. The number of nitrogens with one attached hydrogen (secondary N) is 1. The Labute approximate surface area is 232 Å². The molecule has 0 fully saturated rings. The zero-order chi connectivity index (χ0) is 28.0. The van der Waals surface area contributed by atoms with Gasteiger partial charge in [0.15, 0.2) is 0 Å². The number of halogens is 3. The molecule has 0 radical (unpaired) electrons. The lowest BCUT2D eigenvalue weighted by Crippen LogP contribution is -2.51. The van der Waals surface area contributed by atoms with Gasteiger partial charge in [-0.1, -0.05) is 59.1 Å². The van der Waals surface area contributed by atoms with Crippen LogP contribution in [0.3, 0.4) is 0 Å². The highest BCUT2D eigenvalue weighted by Gasteiger charge is 2.33. The summed E-state index contributed by atoms with van der Waals surface area (Å²) in [6.07, 6.45) is 0. The summed E-state index contributed by atoms with van der Waals surface area (Å²) in [5.41, 5.74) is 1.01. The zero-order valence-corrected chi connectivity index (χ0v) is 23.4. The number of hydrogen-bond acceptors (Lipinski definition) is 4. The van der Waals surface area contributed by atoms with Gasteiger partial charge in [0, 0.05) is 23.7 Å². The Hall–Kier alpha value is -3.14. The lowest BCUT2D eigenvalue weighted by atomic mass is 10.1. The summed E-state index contributed by atoms with van der Waals surface area (Å²) in [4.78, 5) is 27.5. The molecule has 0 saturated heterocycles. The summed E-state index contributed by atoms with van der Waals surface area (Å²) in [7, 11) is -4.31. The van der Waals surface area contributed by atoms with E-state index in [1.165, 1.54) is 55.5 Å². The number of amides is 2. The van der Waals surface area contributed by atoms with Crippen LogP contribution < -0.4 is 9.62 Å². The van der Waals surface area contributed by atoms with Crippen LogP contribution in [0.5, 0.6) is 0 Å². The van der Waals surface area contributed by atoms with Crippen LogP contribution >= 0.6 is 23.2 Å². The zero-order valence-electron chi connectivity index (χ0n) is 21.1. The normalized spacial score (nSPS) is 12.1. The quantitative estimate of drug-likeness (QED) is 0.358. The first kappa shape index (κ1) is 29.4. The fraction of sp³-hybridized carbons (Fsp3) is 0.259. The van der Waals surface area contributed by atoms with Crippen LogP contribution in [0.4, 0.5) is 10.1 Å². The molecule has 0 heterocycles. The Morgan fingerprint density at radius 2 is 1.68 bits per heavy atom. The van der Waals surface area contributed by atoms with Crippen molar-refractivity contribution in [3.63, 3.8) is 0 Å². The largest absolute Gasteiger partial charge is 0.355 e. The number of carbonyl (C=O) groups excluding carboxylic acids is 2. The van der Waals surface area contributed by atoms with Crippen LogP contribution in [0.15, 0.2) is 71.6 Å². The average Bonchev–Trinajstić information content (AvgIpc) is 2.88. The second kappa shape index (κ2) is 12.6. The minimum Gasteiger partial charge on any atom is -0.355 e. The Morgan fingerprint density at radius 3 is 2.32 bits per heavy atom. The van der Waals surface area contributed by atoms with Gasteiger partial charge in [0.1, 0.15) is 18.4 Å². The smallest absolute Gasteiger partial charge is 0.264 e. The molecule has 2 amide bonds. The van der Waals surface area contributed by atoms with E-state index < -0.39 is 40.2 Å². The van der Waals surface area contributed by atoms with E-state index in [1.807, 2.05) is 6.92 Å². The Morgan fingerprint density at radius 1 is 1.03 bits per heavy atom. The molecule has 3 rings (SSSR count). The van der Waals surface area contributed by atoms with Crippen molar-refractivity contribution in [2.45, 2.75) is 38.3 Å². The summed E-state index contributed by atoms with van der Waals surface area (Å²) in [5, 5.41) is 2.91. The van der Waals surface area contributed by atoms with Crippen LogP contribution in [0.1, 0.15) is 25.0 Å². The molecule has 0 aliphatic rings. The SMILES string of the molecule is CCNC(=O)C(C)N(Cc1ccccc1F)C(=O)CN(c1cc(Cl)ccc1Cl)S(=O)(=O)c1ccc(C)cc1. The minimum atomic E-state index is -4.31. The monoisotopic (exact) mass is 579 g/mol. The third kappa shape index (κ3) is 6.83. The number of sulfonamides is 1. The number of likely N-dealkylation sites (N-methyl/N-ethyl adjacent to an activating group) is 1. The third-order valence-electron chi connectivity index (χ3n) is 5.88. The van der Waals surface area contributed by atoms with Crippen molar-refractivity contribution in [3.05, 3.63) is 93.7 Å². The van der Waals surface area contributed by atoms with E-state index in [0.717, 1.165) is 14.8 Å². The van der Waals surface area contributed by atoms with Gasteiger partial charge in [0.2, 0.25) is 11.8 Å². The number of nitrogens with zero attached hydrogens (tertiary/aromatic N) is 2. The number of benzene rings is 3. The molecule has 11 heteroatoms. The molecule has 0 aliphatic heterocycles. The first-order valence-corrected chi connectivity index (χ1v) is 14.0. The van der Waals surface area contributed by atoms with Gasteiger partial charge in [0.05, 0.1) is 15.6 Å². The molecule has 0 spiro atoms. The molecule has 0 aromatic heterocycles. The number of rotatable bonds is 10. The maximum Gasteiger partial charge on any atom is 0.264 e. The molecule has 3 aromatic carbocycles. The van der Waals surface area contributed by atoms with Gasteiger partial charge >= 0.3 is 0 Å². The van der Waals surface area contributed by atoms with Crippen LogP contribution in [-0.2, 0) is 26.2 Å². The van der Waals surface area contributed by atoms with Crippen LogP contribution in [-0.4, -0.2) is 44.3 Å². The van der Waals surface area contributed by atoms with Crippen molar-refractivity contribution < 1.29 is 22.4 Å². The van der Waals surface area contributed by atoms with Crippen molar-refractivity contribution in [1.82, 2.24) is 10.2 Å². The Kier molecular flexibility index (Phi) is 9.76. The van der Waals surface area contributed by atoms with E-state index in [4.69, 9.17) is 23.2 Å². The highest BCUT2D eigenvalue weighted by atomic mass is 35.5. The molecule has 38 heavy (non-hydrogen) atoms. The van der Waals surface area contributed by atoms with Crippen molar-refractivity contribution in [1.29, 1.82) is 0 Å². The van der Waals surface area contributed by atoms with Crippen molar-refractivity contribution in [3.8, 4) is 0 Å². The summed E-state index contributed by atoms with van der Waals surface area (Å²) < 4.78 is 43.0. The van der Waals surface area contributed by atoms with Gasteiger partial charge in [-0.3, -0.25) is 13.9 Å². The summed E-state index contributed by atoms with van der Waals surface area (Å²) in [6.45, 7) is 4.38. The number of anilines is 1. The third-order valence-corrected chi connectivity index (χ3v) is 8.21. The fourth-order valence-corrected chi connectivity index (χ4v) is 5.60. The van der Waals surface area contributed by atoms with E-state index in [1.54, 1.807) is 25.1 Å². The molecule has 0 saturated carbocycles. The average molecular weight is 581 g/mol. The maximum atomic E-state index is 14.5. The first-order chi connectivity index (χ1) is 17.9. The Balaban J connectivity index is 2.09. The molecule has 3 aromatic rings. The highest BCUT2D eigenvalue weighted by Crippen LogP contribution is 2.33. The standard InChI is InChI=1S/C27H28Cl2FN3O4S/c1-4-31-27(35)19(3)32(16-20-7-5-6-8-24(20)30)26(34)17-33(25-15-21(28)11-14-23(25)29)38(36,37)22-12-9-18(2)10-13-22/h5-15,19H,4,16-17H2,1-3H3,(H,31,35). The topological polar surface area (TPSA) is 86.8 Å². The van der Waals surface area contributed by atoms with Gasteiger partial charge in [-0.05, 0) is 57.2 Å². The first-order valence-electron chi connectivity index (χ1n) is 11.8. The molecular weight excluding hydrogens is 552 g/mol. The Bertz CT molecular complexity index is 1420. The fourth-order valence-electron chi connectivity index (χ4n) is 3.74. The second-order valence-electron chi connectivity index (χ2n) is 8.60. The second-order valence-corrected chi connectivity index (χ2v) is 11.3. The molecule has 7 nitrogen and oxygen atoms in total. The summed E-state index contributed by atoms with van der Waals surface area (Å²) in [6, 6.07) is 15.2. The van der Waals surface area contributed by atoms with E-state index >= 15 is 0 Å². The van der Waals surface area contributed by atoms with Crippen LogP contribution in [0, 0.1) is 12.7 Å². The van der Waals surface area contributed by atoms with Gasteiger partial charge < -0.3 is 10.2 Å². The van der Waals surface area contributed by atoms with Gasteiger partial charge in [-0.2, -0.15) is 0 Å². The molecule has 1 atom stereocenters. The van der Waals surface area contributed by atoms with Crippen LogP contribution in [0.2, 0.25) is 10.0 Å². The molecule has 1 N–H and O–H groups in total. The molecule has 0 bridgehead atoms. The number of aryl methyl sites for hydroxylation is 1. The van der Waals surface area contributed by atoms with E-state index in [2.05, 4.69) is 5.32 Å². The van der Waals surface area contributed by atoms with E-state index in [9.17, 15) is 22.4 Å². The number of hydrogen-bond donors (Lipinski definition) is 1. The van der Waals surface area contributed by atoms with E-state index in [-0.39, 0.29) is 32.7 Å². The van der Waals surface area contributed by atoms with Gasteiger partial charge in [0.25, 0.3) is 10.0 Å². The van der Waals surface area contributed by atoms with Crippen molar-refractivity contribution >= 4 is 50.7 Å². The maximum absolute atomic E-state index is 14.5. The number of carbonyl (C=O) groups is 2. The van der Waals surface area contributed by atoms with Gasteiger partial charge in [-0.25, -0.2) is 12.8 Å². The molecular formula is C27H28Cl2FN3O4S.